The van der Waals surface area contributed by atoms with Gasteiger partial charge in [-0.2, -0.15) is 0 Å². The molecule has 0 aliphatic heterocycles. The number of hydrogen-bond donors (Lipinski definition) is 1. The van der Waals surface area contributed by atoms with Crippen molar-refractivity contribution in [1.29, 1.82) is 0 Å². The Labute approximate surface area is 98.0 Å². The second-order valence-electron chi connectivity index (χ2n) is 3.80. The van der Waals surface area contributed by atoms with Gasteiger partial charge in [-0.1, -0.05) is 0 Å². The standard InChI is InChI=1S/C12H12O5/c1-16-8-3-4-9-7(6-8)2-5-10(11(9)13)17-12(14)15/h3-4,6,10H,2,5H2,1H3,(H,14,15). The molecule has 0 amide bonds. The van der Waals surface area contributed by atoms with Gasteiger partial charge in [0.25, 0.3) is 0 Å². The summed E-state index contributed by atoms with van der Waals surface area (Å²) in [7, 11) is 1.56. The molecule has 0 aromatic heterocycles. The molecule has 0 heterocycles. The Bertz CT molecular complexity index is 466. The molecule has 1 aliphatic carbocycles. The molecule has 0 saturated carbocycles. The molecule has 0 fully saturated rings. The summed E-state index contributed by atoms with van der Waals surface area (Å²) in [6, 6.07) is 5.12. The van der Waals surface area contributed by atoms with Crippen LogP contribution in [0.15, 0.2) is 18.2 Å². The average Bonchev–Trinajstić information content (AvgIpc) is 2.32. The number of hydrogen-bond acceptors (Lipinski definition) is 4. The number of ether oxygens (including phenoxy) is 2. The number of rotatable bonds is 2. The average molecular weight is 236 g/mol. The lowest BCUT2D eigenvalue weighted by Gasteiger charge is -2.22. The molecule has 0 radical (unpaired) electrons. The fourth-order valence-electron chi connectivity index (χ4n) is 1.97. The lowest BCUT2D eigenvalue weighted by molar-refractivity contribution is 0.0382. The van der Waals surface area contributed by atoms with Crippen molar-refractivity contribution in [3.63, 3.8) is 0 Å². The molecule has 17 heavy (non-hydrogen) atoms. The number of benzene rings is 1. The van der Waals surface area contributed by atoms with Gasteiger partial charge < -0.3 is 14.6 Å². The summed E-state index contributed by atoms with van der Waals surface area (Å²) in [4.78, 5) is 22.4. The maximum atomic E-state index is 11.9. The molecule has 1 aromatic rings. The molecule has 5 heteroatoms. The van der Waals surface area contributed by atoms with Crippen LogP contribution in [-0.4, -0.2) is 30.3 Å². The van der Waals surface area contributed by atoms with Crippen molar-refractivity contribution in [3.05, 3.63) is 29.3 Å². The molecule has 5 nitrogen and oxygen atoms in total. The van der Waals surface area contributed by atoms with Crippen molar-refractivity contribution >= 4 is 11.9 Å². The van der Waals surface area contributed by atoms with Crippen LogP contribution in [0.2, 0.25) is 0 Å². The normalized spacial score (nSPS) is 18.4. The van der Waals surface area contributed by atoms with E-state index in [1.54, 1.807) is 25.3 Å². The van der Waals surface area contributed by atoms with Gasteiger partial charge in [-0.05, 0) is 36.6 Å². The molecule has 2 rings (SSSR count). The lowest BCUT2D eigenvalue weighted by Crippen LogP contribution is -2.31. The first kappa shape index (κ1) is 11.4. The maximum Gasteiger partial charge on any atom is 0.506 e. The first-order valence-electron chi connectivity index (χ1n) is 5.22. The van der Waals surface area contributed by atoms with E-state index < -0.39 is 12.3 Å². The highest BCUT2D eigenvalue weighted by Crippen LogP contribution is 2.26. The van der Waals surface area contributed by atoms with Gasteiger partial charge in [0, 0.05) is 5.56 Å². The zero-order valence-electron chi connectivity index (χ0n) is 9.30. The Kier molecular flexibility index (Phi) is 2.99. The van der Waals surface area contributed by atoms with E-state index in [4.69, 9.17) is 9.84 Å². The SMILES string of the molecule is COc1ccc2c(c1)CCC(OC(=O)O)C2=O. The van der Waals surface area contributed by atoms with Crippen molar-refractivity contribution in [1.82, 2.24) is 0 Å². The van der Waals surface area contributed by atoms with Gasteiger partial charge in [-0.15, -0.1) is 0 Å². The molecule has 1 N–H and O–H groups in total. The number of aryl methyl sites for hydroxylation is 1. The smallest absolute Gasteiger partial charge is 0.497 e. The van der Waals surface area contributed by atoms with Crippen LogP contribution >= 0.6 is 0 Å². The monoisotopic (exact) mass is 236 g/mol. The summed E-state index contributed by atoms with van der Waals surface area (Å²) in [5.74, 6) is 0.408. The summed E-state index contributed by atoms with van der Waals surface area (Å²) < 4.78 is 9.62. The van der Waals surface area contributed by atoms with E-state index in [1.807, 2.05) is 0 Å². The molecular weight excluding hydrogens is 224 g/mol. The van der Waals surface area contributed by atoms with Gasteiger partial charge in [0.15, 0.2) is 6.10 Å². The number of carbonyl (C=O) groups is 2. The number of Topliss-reactive ketones (excluding diaryl/α,β-unsaturated/α-hetero) is 1. The van der Waals surface area contributed by atoms with Crippen LogP contribution in [0, 0.1) is 0 Å². The third-order valence-electron chi connectivity index (χ3n) is 2.79. The van der Waals surface area contributed by atoms with Crippen molar-refractivity contribution in [3.8, 4) is 5.75 Å². The second kappa shape index (κ2) is 4.45. The third kappa shape index (κ3) is 2.22. The van der Waals surface area contributed by atoms with E-state index in [9.17, 15) is 9.59 Å². The fourth-order valence-corrected chi connectivity index (χ4v) is 1.97. The predicted molar refractivity (Wildman–Crippen MR) is 58.5 cm³/mol. The van der Waals surface area contributed by atoms with E-state index >= 15 is 0 Å². The summed E-state index contributed by atoms with van der Waals surface area (Å²) in [6.07, 6.45) is -1.31. The molecule has 1 atom stereocenters. The molecule has 0 saturated heterocycles. The van der Waals surface area contributed by atoms with Crippen LogP contribution in [0.1, 0.15) is 22.3 Å². The van der Waals surface area contributed by atoms with E-state index in [0.717, 1.165) is 5.56 Å². The van der Waals surface area contributed by atoms with Crippen LogP contribution in [0.3, 0.4) is 0 Å². The van der Waals surface area contributed by atoms with Gasteiger partial charge in [0.05, 0.1) is 7.11 Å². The predicted octanol–water partition coefficient (Wildman–Crippen LogP) is 1.89. The molecule has 0 bridgehead atoms. The largest absolute Gasteiger partial charge is 0.506 e. The van der Waals surface area contributed by atoms with Crippen molar-refractivity contribution in [2.45, 2.75) is 18.9 Å². The highest BCUT2D eigenvalue weighted by molar-refractivity contribution is 6.02. The first-order valence-corrected chi connectivity index (χ1v) is 5.22. The molecular formula is C12H12O5. The zero-order valence-corrected chi connectivity index (χ0v) is 9.30. The minimum Gasteiger partial charge on any atom is -0.497 e. The van der Waals surface area contributed by atoms with Crippen LogP contribution in [0.5, 0.6) is 5.75 Å². The number of ketones is 1. The quantitative estimate of drug-likeness (QED) is 0.794. The topological polar surface area (TPSA) is 72.8 Å². The Morgan fingerprint density at radius 3 is 2.88 bits per heavy atom. The van der Waals surface area contributed by atoms with Gasteiger partial charge in [0.1, 0.15) is 5.75 Å². The second-order valence-corrected chi connectivity index (χ2v) is 3.80. The minimum atomic E-state index is -1.42. The Hall–Kier alpha value is -2.04. The number of fused-ring (bicyclic) bond motifs is 1. The lowest BCUT2D eigenvalue weighted by atomic mass is 9.88. The summed E-state index contributed by atoms with van der Waals surface area (Å²) in [5.41, 5.74) is 1.39. The molecule has 0 spiro atoms. The Balaban J connectivity index is 2.27. The fraction of sp³-hybridized carbons (Fsp3) is 0.333. The zero-order chi connectivity index (χ0) is 12.4. The van der Waals surface area contributed by atoms with Crippen LogP contribution in [0.4, 0.5) is 4.79 Å². The summed E-state index contributed by atoms with van der Waals surface area (Å²) in [6.45, 7) is 0. The molecule has 1 unspecified atom stereocenters. The van der Waals surface area contributed by atoms with Crippen LogP contribution < -0.4 is 4.74 Å². The van der Waals surface area contributed by atoms with E-state index in [2.05, 4.69) is 4.74 Å². The summed E-state index contributed by atoms with van der Waals surface area (Å²) >= 11 is 0. The van der Waals surface area contributed by atoms with Crippen LogP contribution in [-0.2, 0) is 11.2 Å². The van der Waals surface area contributed by atoms with Crippen molar-refractivity contribution in [2.75, 3.05) is 7.11 Å². The third-order valence-corrected chi connectivity index (χ3v) is 2.79. The van der Waals surface area contributed by atoms with E-state index in [1.165, 1.54) is 0 Å². The number of carbonyl (C=O) groups excluding carboxylic acids is 1. The van der Waals surface area contributed by atoms with E-state index in [0.29, 0.717) is 24.2 Å². The van der Waals surface area contributed by atoms with Crippen molar-refractivity contribution in [2.24, 2.45) is 0 Å². The highest BCUT2D eigenvalue weighted by atomic mass is 16.7. The minimum absolute atomic E-state index is 0.281. The molecule has 1 aromatic carbocycles. The van der Waals surface area contributed by atoms with Crippen LogP contribution in [0.25, 0.3) is 0 Å². The van der Waals surface area contributed by atoms with Gasteiger partial charge >= 0.3 is 6.16 Å². The first-order chi connectivity index (χ1) is 8.11. The summed E-state index contributed by atoms with van der Waals surface area (Å²) in [5, 5.41) is 8.52. The molecule has 1 aliphatic rings. The van der Waals surface area contributed by atoms with Gasteiger partial charge in [-0.25, -0.2) is 4.79 Å². The maximum absolute atomic E-state index is 11.9. The van der Waals surface area contributed by atoms with Gasteiger partial charge in [-0.3, -0.25) is 4.79 Å². The van der Waals surface area contributed by atoms with E-state index in [-0.39, 0.29) is 5.78 Å². The Morgan fingerprint density at radius 1 is 1.47 bits per heavy atom. The Morgan fingerprint density at radius 2 is 2.24 bits per heavy atom. The highest BCUT2D eigenvalue weighted by Gasteiger charge is 2.30. The van der Waals surface area contributed by atoms with Crippen molar-refractivity contribution < 1.29 is 24.2 Å². The molecule has 90 valence electrons. The number of carboxylic acid groups (broad SMARTS) is 1. The van der Waals surface area contributed by atoms with Gasteiger partial charge in [0.2, 0.25) is 5.78 Å². The number of methoxy groups -OCH3 is 1.